The van der Waals surface area contributed by atoms with E-state index in [1.807, 2.05) is 36.1 Å². The van der Waals surface area contributed by atoms with Crippen LogP contribution in [0.4, 0.5) is 11.4 Å². The van der Waals surface area contributed by atoms with Crippen LogP contribution in [0.5, 0.6) is 0 Å². The molecule has 0 bridgehead atoms. The molecule has 0 spiro atoms. The van der Waals surface area contributed by atoms with E-state index in [0.717, 1.165) is 23.6 Å². The fourth-order valence-electron chi connectivity index (χ4n) is 1.59. The first-order valence-electron chi connectivity index (χ1n) is 5.11. The molecular formula is C11H12N4OS. The van der Waals surface area contributed by atoms with Crippen LogP contribution in [0.25, 0.3) is 0 Å². The Morgan fingerprint density at radius 2 is 2.12 bits per heavy atom. The molecule has 0 saturated carbocycles. The predicted octanol–water partition coefficient (Wildman–Crippen LogP) is 1.33. The SMILES string of the molecule is CC1=NC(=S)N(c2ccc(NNC=O)cc2)C1. The van der Waals surface area contributed by atoms with E-state index in [1.54, 1.807) is 0 Å². The van der Waals surface area contributed by atoms with Crippen molar-refractivity contribution in [3.8, 4) is 0 Å². The number of rotatable bonds is 4. The van der Waals surface area contributed by atoms with Gasteiger partial charge in [0.25, 0.3) is 0 Å². The van der Waals surface area contributed by atoms with E-state index in [9.17, 15) is 4.79 Å². The maximum Gasteiger partial charge on any atom is 0.225 e. The molecule has 0 aromatic heterocycles. The summed E-state index contributed by atoms with van der Waals surface area (Å²) in [4.78, 5) is 16.3. The number of amides is 1. The maximum atomic E-state index is 10.1. The van der Waals surface area contributed by atoms with E-state index in [-0.39, 0.29) is 0 Å². The van der Waals surface area contributed by atoms with Gasteiger partial charge in [0.15, 0.2) is 5.11 Å². The number of hydrazine groups is 1. The lowest BCUT2D eigenvalue weighted by Gasteiger charge is -2.17. The molecular weight excluding hydrogens is 236 g/mol. The van der Waals surface area contributed by atoms with E-state index >= 15 is 0 Å². The van der Waals surface area contributed by atoms with Crippen molar-refractivity contribution in [1.82, 2.24) is 5.43 Å². The van der Waals surface area contributed by atoms with Crippen LogP contribution < -0.4 is 15.8 Å². The van der Waals surface area contributed by atoms with Crippen molar-refractivity contribution < 1.29 is 4.79 Å². The first kappa shape index (κ1) is 11.5. The minimum absolute atomic E-state index is 0.584. The van der Waals surface area contributed by atoms with Crippen LogP contribution in [0.2, 0.25) is 0 Å². The summed E-state index contributed by atoms with van der Waals surface area (Å²) in [5, 5.41) is 0.592. The summed E-state index contributed by atoms with van der Waals surface area (Å²) in [6.45, 7) is 2.69. The zero-order valence-electron chi connectivity index (χ0n) is 9.30. The van der Waals surface area contributed by atoms with Gasteiger partial charge < -0.3 is 4.90 Å². The molecule has 1 heterocycles. The Labute approximate surface area is 104 Å². The fourth-order valence-corrected chi connectivity index (χ4v) is 1.92. The molecule has 1 aromatic carbocycles. The molecule has 88 valence electrons. The number of benzene rings is 1. The summed E-state index contributed by atoms with van der Waals surface area (Å²) in [5.41, 5.74) is 7.93. The third kappa shape index (κ3) is 2.59. The van der Waals surface area contributed by atoms with Gasteiger partial charge >= 0.3 is 0 Å². The second-order valence-electron chi connectivity index (χ2n) is 3.65. The van der Waals surface area contributed by atoms with Crippen molar-refractivity contribution >= 4 is 40.8 Å². The number of carbonyl (C=O) groups is 1. The van der Waals surface area contributed by atoms with E-state index < -0.39 is 0 Å². The Balaban J connectivity index is 2.08. The van der Waals surface area contributed by atoms with Gasteiger partial charge in [-0.25, -0.2) is 4.99 Å². The average Bonchev–Trinajstić information content (AvgIpc) is 2.66. The summed E-state index contributed by atoms with van der Waals surface area (Å²) >= 11 is 5.17. The summed E-state index contributed by atoms with van der Waals surface area (Å²) < 4.78 is 0. The van der Waals surface area contributed by atoms with Gasteiger partial charge in [0.2, 0.25) is 6.41 Å². The number of hydrogen-bond donors (Lipinski definition) is 2. The Bertz CT molecular complexity index is 469. The topological polar surface area (TPSA) is 56.7 Å². The van der Waals surface area contributed by atoms with Gasteiger partial charge in [0.1, 0.15) is 0 Å². The smallest absolute Gasteiger partial charge is 0.225 e. The highest BCUT2D eigenvalue weighted by Gasteiger charge is 2.18. The number of nitrogens with one attached hydrogen (secondary N) is 2. The fraction of sp³-hybridized carbons (Fsp3) is 0.182. The second-order valence-corrected chi connectivity index (χ2v) is 4.02. The standard InChI is InChI=1S/C11H12N4OS/c1-8-6-15(11(17)13-8)10-4-2-9(3-5-10)14-12-7-16/h2-5,7,14H,6H2,1H3,(H,12,16). The van der Waals surface area contributed by atoms with Crippen molar-refractivity contribution in [3.63, 3.8) is 0 Å². The lowest BCUT2D eigenvalue weighted by Crippen LogP contribution is -2.25. The van der Waals surface area contributed by atoms with Crippen molar-refractivity contribution in [2.45, 2.75) is 6.92 Å². The first-order chi connectivity index (χ1) is 8.20. The molecule has 0 fully saturated rings. The molecule has 1 aliphatic heterocycles. The summed E-state index contributed by atoms with van der Waals surface area (Å²) in [5.74, 6) is 0. The molecule has 0 saturated heterocycles. The van der Waals surface area contributed by atoms with Crippen molar-refractivity contribution in [3.05, 3.63) is 24.3 Å². The third-order valence-corrected chi connectivity index (χ3v) is 2.67. The number of nitrogens with zero attached hydrogens (tertiary/aromatic N) is 2. The number of aliphatic imine (C=N–C) groups is 1. The zero-order chi connectivity index (χ0) is 12.3. The van der Waals surface area contributed by atoms with E-state index in [0.29, 0.717) is 11.5 Å². The monoisotopic (exact) mass is 248 g/mol. The number of anilines is 2. The molecule has 0 radical (unpaired) electrons. The average molecular weight is 248 g/mol. The zero-order valence-corrected chi connectivity index (χ0v) is 10.1. The van der Waals surface area contributed by atoms with Crippen LogP contribution >= 0.6 is 12.2 Å². The molecule has 2 rings (SSSR count). The summed E-state index contributed by atoms with van der Waals surface area (Å²) in [7, 11) is 0. The highest BCUT2D eigenvalue weighted by molar-refractivity contribution is 7.80. The van der Waals surface area contributed by atoms with Crippen LogP contribution in [0, 0.1) is 0 Å². The third-order valence-electron chi connectivity index (χ3n) is 2.36. The molecule has 1 aliphatic rings. The Hall–Kier alpha value is -1.95. The normalized spacial score (nSPS) is 14.5. The molecule has 1 aromatic rings. The highest BCUT2D eigenvalue weighted by atomic mass is 32.1. The second kappa shape index (κ2) is 4.92. The number of thiocarbonyl (C=S) groups is 1. The van der Waals surface area contributed by atoms with Crippen LogP contribution in [-0.2, 0) is 4.79 Å². The Morgan fingerprint density at radius 1 is 1.41 bits per heavy atom. The van der Waals surface area contributed by atoms with Crippen LogP contribution in [0.3, 0.4) is 0 Å². The van der Waals surface area contributed by atoms with E-state index in [1.165, 1.54) is 0 Å². The Morgan fingerprint density at radius 3 is 2.65 bits per heavy atom. The van der Waals surface area contributed by atoms with E-state index in [2.05, 4.69) is 15.8 Å². The molecule has 17 heavy (non-hydrogen) atoms. The lowest BCUT2D eigenvalue weighted by molar-refractivity contribution is -0.109. The maximum absolute atomic E-state index is 10.1. The van der Waals surface area contributed by atoms with Gasteiger partial charge in [-0.05, 0) is 43.4 Å². The van der Waals surface area contributed by atoms with Gasteiger partial charge in [-0.3, -0.25) is 15.6 Å². The first-order valence-corrected chi connectivity index (χ1v) is 5.52. The van der Waals surface area contributed by atoms with Crippen molar-refractivity contribution in [1.29, 1.82) is 0 Å². The quantitative estimate of drug-likeness (QED) is 0.479. The van der Waals surface area contributed by atoms with Crippen molar-refractivity contribution in [2.75, 3.05) is 16.9 Å². The molecule has 1 amide bonds. The molecule has 6 heteroatoms. The summed E-state index contributed by atoms with van der Waals surface area (Å²) in [6.07, 6.45) is 0.584. The minimum Gasteiger partial charge on any atom is -0.312 e. The molecule has 2 N–H and O–H groups in total. The van der Waals surface area contributed by atoms with Gasteiger partial charge in [-0.2, -0.15) is 0 Å². The van der Waals surface area contributed by atoms with E-state index in [4.69, 9.17) is 12.2 Å². The molecule has 0 unspecified atom stereocenters. The minimum atomic E-state index is 0.584. The Kier molecular flexibility index (Phi) is 3.34. The highest BCUT2D eigenvalue weighted by Crippen LogP contribution is 2.21. The van der Waals surface area contributed by atoms with Gasteiger partial charge in [-0.15, -0.1) is 0 Å². The molecule has 5 nitrogen and oxygen atoms in total. The molecule has 0 aliphatic carbocycles. The predicted molar refractivity (Wildman–Crippen MR) is 72.3 cm³/mol. The van der Waals surface area contributed by atoms with Gasteiger partial charge in [-0.1, -0.05) is 0 Å². The van der Waals surface area contributed by atoms with Gasteiger partial charge in [0, 0.05) is 11.4 Å². The van der Waals surface area contributed by atoms with Crippen LogP contribution in [0.15, 0.2) is 29.3 Å². The number of hydrogen-bond acceptors (Lipinski definition) is 3. The van der Waals surface area contributed by atoms with Crippen LogP contribution in [0.1, 0.15) is 6.92 Å². The van der Waals surface area contributed by atoms with Gasteiger partial charge in [0.05, 0.1) is 12.2 Å². The van der Waals surface area contributed by atoms with Crippen molar-refractivity contribution in [2.24, 2.45) is 4.99 Å². The lowest BCUT2D eigenvalue weighted by atomic mass is 10.2. The number of carbonyl (C=O) groups excluding carboxylic acids is 1. The summed E-state index contributed by atoms with van der Waals surface area (Å²) in [6, 6.07) is 7.58. The molecule has 0 atom stereocenters. The largest absolute Gasteiger partial charge is 0.312 e. The van der Waals surface area contributed by atoms with Crippen LogP contribution in [-0.4, -0.2) is 23.8 Å².